The second-order valence-corrected chi connectivity index (χ2v) is 4.19. The molecule has 0 bridgehead atoms. The number of hydrogen-bond acceptors (Lipinski definition) is 4. The molecule has 96 valence electrons. The molecule has 0 aliphatic rings. The van der Waals surface area contributed by atoms with Gasteiger partial charge in [0.1, 0.15) is 0 Å². The summed E-state index contributed by atoms with van der Waals surface area (Å²) in [5.41, 5.74) is -0.906. The number of carbonyl (C=O) groups excluding carboxylic acids is 1. The summed E-state index contributed by atoms with van der Waals surface area (Å²) in [5.74, 6) is -0.0915. The van der Waals surface area contributed by atoms with Crippen molar-refractivity contribution >= 4 is 5.91 Å². The first-order chi connectivity index (χ1) is 7.52. The molecule has 5 heteroatoms. The van der Waals surface area contributed by atoms with E-state index in [1.807, 2.05) is 6.92 Å². The third-order valence-electron chi connectivity index (χ3n) is 2.22. The third-order valence-corrected chi connectivity index (χ3v) is 2.22. The van der Waals surface area contributed by atoms with Crippen LogP contribution in [0.15, 0.2) is 0 Å². The maximum atomic E-state index is 11.3. The van der Waals surface area contributed by atoms with Crippen LogP contribution >= 0.6 is 0 Å². The number of methoxy groups -OCH3 is 1. The quantitative estimate of drug-likeness (QED) is 0.485. The standard InChI is InChI=1S/C11H24N2O3/c1-4-6-12-8-10(14)13-9-11(2,15)5-7-16-3/h12,15H,4-9H2,1-3H3,(H,13,14). The Bertz CT molecular complexity index is 196. The SMILES string of the molecule is CCCNCC(=O)NCC(C)(O)CCOC. The lowest BCUT2D eigenvalue weighted by Gasteiger charge is -2.23. The molecule has 0 fully saturated rings. The first-order valence-electron chi connectivity index (χ1n) is 5.70. The van der Waals surface area contributed by atoms with E-state index in [4.69, 9.17) is 4.74 Å². The van der Waals surface area contributed by atoms with E-state index >= 15 is 0 Å². The van der Waals surface area contributed by atoms with E-state index in [2.05, 4.69) is 10.6 Å². The van der Waals surface area contributed by atoms with Gasteiger partial charge in [-0.1, -0.05) is 6.92 Å². The second-order valence-electron chi connectivity index (χ2n) is 4.19. The third kappa shape index (κ3) is 8.64. The average Bonchev–Trinajstić information content (AvgIpc) is 2.24. The smallest absolute Gasteiger partial charge is 0.234 e. The molecular formula is C11H24N2O3. The summed E-state index contributed by atoms with van der Waals surface area (Å²) in [4.78, 5) is 11.3. The van der Waals surface area contributed by atoms with E-state index in [1.54, 1.807) is 14.0 Å². The maximum absolute atomic E-state index is 11.3. The summed E-state index contributed by atoms with van der Waals surface area (Å²) in [7, 11) is 1.59. The van der Waals surface area contributed by atoms with Crippen molar-refractivity contribution in [1.82, 2.24) is 10.6 Å². The van der Waals surface area contributed by atoms with Gasteiger partial charge >= 0.3 is 0 Å². The molecule has 1 unspecified atom stereocenters. The number of ether oxygens (including phenoxy) is 1. The molecule has 0 radical (unpaired) electrons. The van der Waals surface area contributed by atoms with Crippen molar-refractivity contribution < 1.29 is 14.6 Å². The fourth-order valence-corrected chi connectivity index (χ4v) is 1.14. The van der Waals surface area contributed by atoms with Gasteiger partial charge in [-0.3, -0.25) is 4.79 Å². The van der Waals surface area contributed by atoms with E-state index < -0.39 is 5.60 Å². The Balaban J connectivity index is 3.64. The predicted molar refractivity (Wildman–Crippen MR) is 63.3 cm³/mol. The van der Waals surface area contributed by atoms with Gasteiger partial charge in [0, 0.05) is 26.7 Å². The number of hydrogen-bond donors (Lipinski definition) is 3. The van der Waals surface area contributed by atoms with Gasteiger partial charge < -0.3 is 20.5 Å². The zero-order chi connectivity index (χ0) is 12.4. The van der Waals surface area contributed by atoms with Crippen LogP contribution in [0.2, 0.25) is 0 Å². The minimum Gasteiger partial charge on any atom is -0.388 e. The molecule has 1 atom stereocenters. The van der Waals surface area contributed by atoms with E-state index in [0.29, 0.717) is 19.6 Å². The summed E-state index contributed by atoms with van der Waals surface area (Å²) in [6, 6.07) is 0. The molecule has 0 heterocycles. The van der Waals surface area contributed by atoms with Gasteiger partial charge in [-0.15, -0.1) is 0 Å². The molecule has 0 aliphatic carbocycles. The topological polar surface area (TPSA) is 70.6 Å². The van der Waals surface area contributed by atoms with Crippen LogP contribution in [-0.2, 0) is 9.53 Å². The molecule has 0 aromatic rings. The van der Waals surface area contributed by atoms with Gasteiger partial charge in [-0.05, 0) is 19.9 Å². The van der Waals surface area contributed by atoms with Crippen LogP contribution in [0.4, 0.5) is 0 Å². The van der Waals surface area contributed by atoms with Crippen LogP contribution in [0.5, 0.6) is 0 Å². The van der Waals surface area contributed by atoms with Crippen molar-refractivity contribution in [2.24, 2.45) is 0 Å². The van der Waals surface area contributed by atoms with Gasteiger partial charge in [-0.2, -0.15) is 0 Å². The Morgan fingerprint density at radius 1 is 1.50 bits per heavy atom. The van der Waals surface area contributed by atoms with Crippen LogP contribution in [0.25, 0.3) is 0 Å². The van der Waals surface area contributed by atoms with Crippen molar-refractivity contribution in [2.45, 2.75) is 32.3 Å². The lowest BCUT2D eigenvalue weighted by molar-refractivity contribution is -0.121. The molecule has 0 saturated heterocycles. The summed E-state index contributed by atoms with van der Waals surface area (Å²) >= 11 is 0. The lowest BCUT2D eigenvalue weighted by atomic mass is 10.0. The average molecular weight is 232 g/mol. The van der Waals surface area contributed by atoms with Gasteiger partial charge in [0.25, 0.3) is 0 Å². The monoisotopic (exact) mass is 232 g/mol. The number of carbonyl (C=O) groups is 1. The molecule has 0 aromatic heterocycles. The molecule has 0 spiro atoms. The molecule has 0 aromatic carbocycles. The Morgan fingerprint density at radius 2 is 2.19 bits per heavy atom. The Hall–Kier alpha value is -0.650. The zero-order valence-electron chi connectivity index (χ0n) is 10.5. The van der Waals surface area contributed by atoms with E-state index in [9.17, 15) is 9.90 Å². The van der Waals surface area contributed by atoms with Crippen LogP contribution in [0.1, 0.15) is 26.7 Å². The number of aliphatic hydroxyl groups is 1. The van der Waals surface area contributed by atoms with Crippen molar-refractivity contribution in [3.05, 3.63) is 0 Å². The summed E-state index contributed by atoms with van der Waals surface area (Å²) in [5, 5.41) is 15.5. The van der Waals surface area contributed by atoms with Gasteiger partial charge in [0.05, 0.1) is 12.1 Å². The summed E-state index contributed by atoms with van der Waals surface area (Å²) in [6.45, 7) is 5.59. The van der Waals surface area contributed by atoms with Crippen molar-refractivity contribution in [1.29, 1.82) is 0 Å². The highest BCUT2D eigenvalue weighted by molar-refractivity contribution is 5.78. The number of rotatable bonds is 9. The first kappa shape index (κ1) is 15.3. The second kappa shape index (κ2) is 8.50. The molecule has 0 aliphatic heterocycles. The van der Waals surface area contributed by atoms with Gasteiger partial charge in [0.2, 0.25) is 5.91 Å². The molecule has 5 nitrogen and oxygen atoms in total. The van der Waals surface area contributed by atoms with Crippen LogP contribution < -0.4 is 10.6 Å². The van der Waals surface area contributed by atoms with Gasteiger partial charge in [0.15, 0.2) is 0 Å². The summed E-state index contributed by atoms with van der Waals surface area (Å²) in [6.07, 6.45) is 1.50. The largest absolute Gasteiger partial charge is 0.388 e. The maximum Gasteiger partial charge on any atom is 0.234 e. The molecule has 1 amide bonds. The van der Waals surface area contributed by atoms with Crippen molar-refractivity contribution in [3.63, 3.8) is 0 Å². The molecule has 0 rings (SSSR count). The fraction of sp³-hybridized carbons (Fsp3) is 0.909. The highest BCUT2D eigenvalue weighted by Crippen LogP contribution is 2.07. The van der Waals surface area contributed by atoms with Crippen LogP contribution in [0.3, 0.4) is 0 Å². The van der Waals surface area contributed by atoms with Gasteiger partial charge in [-0.25, -0.2) is 0 Å². The highest BCUT2D eigenvalue weighted by Gasteiger charge is 2.20. The number of nitrogens with one attached hydrogen (secondary N) is 2. The fourth-order valence-electron chi connectivity index (χ4n) is 1.14. The van der Waals surface area contributed by atoms with E-state index in [1.165, 1.54) is 0 Å². The van der Waals surface area contributed by atoms with Crippen molar-refractivity contribution in [2.75, 3.05) is 33.4 Å². The van der Waals surface area contributed by atoms with E-state index in [-0.39, 0.29) is 12.5 Å². The Kier molecular flexibility index (Phi) is 8.15. The molecule has 0 saturated carbocycles. The first-order valence-corrected chi connectivity index (χ1v) is 5.70. The zero-order valence-corrected chi connectivity index (χ0v) is 10.5. The Labute approximate surface area is 97.6 Å². The lowest BCUT2D eigenvalue weighted by Crippen LogP contribution is -2.44. The van der Waals surface area contributed by atoms with Crippen molar-refractivity contribution in [3.8, 4) is 0 Å². The predicted octanol–water partition coefficient (Wildman–Crippen LogP) is -0.110. The number of amides is 1. The van der Waals surface area contributed by atoms with Crippen LogP contribution in [-0.4, -0.2) is 50.0 Å². The van der Waals surface area contributed by atoms with E-state index in [0.717, 1.165) is 13.0 Å². The minimum atomic E-state index is -0.906. The Morgan fingerprint density at radius 3 is 2.75 bits per heavy atom. The molecular weight excluding hydrogens is 208 g/mol. The molecule has 16 heavy (non-hydrogen) atoms. The minimum absolute atomic E-state index is 0.0915. The van der Waals surface area contributed by atoms with Crippen LogP contribution in [0, 0.1) is 0 Å². The highest BCUT2D eigenvalue weighted by atomic mass is 16.5. The molecule has 3 N–H and O–H groups in total. The normalized spacial score (nSPS) is 14.5. The summed E-state index contributed by atoms with van der Waals surface area (Å²) < 4.78 is 4.88.